The Balaban J connectivity index is 1.59. The van der Waals surface area contributed by atoms with E-state index in [1.807, 2.05) is 55.6 Å². The summed E-state index contributed by atoms with van der Waals surface area (Å²) in [6.45, 7) is 2.57. The number of aromatic nitrogens is 1. The number of fused-ring (bicyclic) bond motifs is 1. The zero-order valence-electron chi connectivity index (χ0n) is 15.0. The van der Waals surface area contributed by atoms with Crippen LogP contribution in [0.1, 0.15) is 25.3 Å². The van der Waals surface area contributed by atoms with Crippen LogP contribution in [-0.2, 0) is 10.2 Å². The van der Waals surface area contributed by atoms with Gasteiger partial charge in [-0.15, -0.1) is 0 Å². The Hall–Kier alpha value is -2.95. The predicted octanol–water partition coefficient (Wildman–Crippen LogP) is 4.25. The topological polar surface area (TPSA) is 63.3 Å². The van der Waals surface area contributed by atoms with Gasteiger partial charge in [0.05, 0.1) is 19.1 Å². The molecule has 0 spiro atoms. The van der Waals surface area contributed by atoms with Gasteiger partial charge in [-0.3, -0.25) is 4.79 Å². The van der Waals surface area contributed by atoms with Crippen LogP contribution in [0.15, 0.2) is 48.7 Å². The van der Waals surface area contributed by atoms with E-state index in [4.69, 9.17) is 9.47 Å². The summed E-state index contributed by atoms with van der Waals surface area (Å²) in [5, 5.41) is 4.10. The molecule has 5 heteroatoms. The third-order valence-electron chi connectivity index (χ3n) is 5.01. The van der Waals surface area contributed by atoms with E-state index < -0.39 is 5.41 Å². The Morgan fingerprint density at radius 1 is 1.15 bits per heavy atom. The minimum absolute atomic E-state index is 0.0328. The number of amides is 1. The zero-order valence-corrected chi connectivity index (χ0v) is 15.0. The van der Waals surface area contributed by atoms with Crippen LogP contribution in [0.4, 0.5) is 5.69 Å². The summed E-state index contributed by atoms with van der Waals surface area (Å²) >= 11 is 0. The highest BCUT2D eigenvalue weighted by atomic mass is 16.5. The van der Waals surface area contributed by atoms with Gasteiger partial charge in [0.2, 0.25) is 5.91 Å². The fourth-order valence-corrected chi connectivity index (χ4v) is 3.42. The number of hydrogen-bond acceptors (Lipinski definition) is 3. The van der Waals surface area contributed by atoms with Crippen LogP contribution in [0.3, 0.4) is 0 Å². The van der Waals surface area contributed by atoms with Crippen molar-refractivity contribution in [3.8, 4) is 11.5 Å². The van der Waals surface area contributed by atoms with Crippen molar-refractivity contribution in [1.82, 2.24) is 4.98 Å². The first-order chi connectivity index (χ1) is 12.7. The molecule has 1 amide bonds. The molecule has 0 unspecified atom stereocenters. The number of ether oxygens (including phenoxy) is 2. The molecule has 0 bridgehead atoms. The van der Waals surface area contributed by atoms with E-state index in [2.05, 4.69) is 10.3 Å². The number of aromatic amines is 1. The highest BCUT2D eigenvalue weighted by molar-refractivity contribution is 6.04. The summed E-state index contributed by atoms with van der Waals surface area (Å²) in [5.74, 6) is 1.63. The summed E-state index contributed by atoms with van der Waals surface area (Å²) < 4.78 is 10.8. The van der Waals surface area contributed by atoms with Gasteiger partial charge in [-0.1, -0.05) is 0 Å². The lowest BCUT2D eigenvalue weighted by molar-refractivity contribution is -0.118. The third kappa shape index (κ3) is 2.79. The molecule has 1 aliphatic carbocycles. The van der Waals surface area contributed by atoms with Crippen LogP contribution in [0, 0.1) is 0 Å². The first-order valence-electron chi connectivity index (χ1n) is 8.86. The van der Waals surface area contributed by atoms with Crippen molar-refractivity contribution in [3.63, 3.8) is 0 Å². The number of benzene rings is 2. The average Bonchev–Trinajstić information content (AvgIpc) is 3.36. The minimum atomic E-state index is -0.469. The number of anilines is 1. The van der Waals surface area contributed by atoms with Crippen molar-refractivity contribution in [3.05, 3.63) is 54.2 Å². The molecule has 1 aliphatic rings. The molecule has 1 heterocycles. The van der Waals surface area contributed by atoms with Gasteiger partial charge in [-0.25, -0.2) is 0 Å². The quantitative estimate of drug-likeness (QED) is 0.699. The molecule has 2 N–H and O–H groups in total. The number of methoxy groups -OCH3 is 1. The molecule has 3 aromatic rings. The maximum absolute atomic E-state index is 13.0. The maximum atomic E-state index is 13.0. The molecule has 1 aromatic heterocycles. The van der Waals surface area contributed by atoms with Gasteiger partial charge in [0.15, 0.2) is 0 Å². The smallest absolute Gasteiger partial charge is 0.235 e. The summed E-state index contributed by atoms with van der Waals surface area (Å²) in [6.07, 6.45) is 3.65. The number of nitrogens with one attached hydrogen (secondary N) is 2. The van der Waals surface area contributed by atoms with E-state index in [9.17, 15) is 4.79 Å². The molecule has 0 aliphatic heterocycles. The van der Waals surface area contributed by atoms with Gasteiger partial charge in [0.1, 0.15) is 11.5 Å². The zero-order chi connectivity index (χ0) is 18.1. The molecule has 5 nitrogen and oxygen atoms in total. The lowest BCUT2D eigenvalue weighted by atomic mass is 9.94. The highest BCUT2D eigenvalue weighted by Crippen LogP contribution is 2.51. The second-order valence-corrected chi connectivity index (χ2v) is 6.61. The average molecular weight is 350 g/mol. The Bertz CT molecular complexity index is 940. The summed E-state index contributed by atoms with van der Waals surface area (Å²) in [5.41, 5.74) is 2.36. The summed E-state index contributed by atoms with van der Waals surface area (Å²) in [6, 6.07) is 13.4. The molecule has 4 rings (SSSR count). The van der Waals surface area contributed by atoms with Crippen molar-refractivity contribution in [1.29, 1.82) is 0 Å². The van der Waals surface area contributed by atoms with Gasteiger partial charge < -0.3 is 19.8 Å². The second-order valence-electron chi connectivity index (χ2n) is 6.61. The van der Waals surface area contributed by atoms with Gasteiger partial charge in [-0.2, -0.15) is 0 Å². The van der Waals surface area contributed by atoms with Crippen molar-refractivity contribution < 1.29 is 14.3 Å². The number of H-pyrrole nitrogens is 1. The lowest BCUT2D eigenvalue weighted by Gasteiger charge is -2.15. The molecule has 2 aromatic carbocycles. The minimum Gasteiger partial charge on any atom is -0.497 e. The van der Waals surface area contributed by atoms with Gasteiger partial charge in [-0.05, 0) is 67.8 Å². The Morgan fingerprint density at radius 3 is 2.54 bits per heavy atom. The fourth-order valence-electron chi connectivity index (χ4n) is 3.42. The number of rotatable bonds is 6. The van der Waals surface area contributed by atoms with Gasteiger partial charge in [0.25, 0.3) is 0 Å². The first-order valence-corrected chi connectivity index (χ1v) is 8.86. The second kappa shape index (κ2) is 6.41. The summed E-state index contributed by atoms with van der Waals surface area (Å²) in [4.78, 5) is 16.3. The third-order valence-corrected chi connectivity index (χ3v) is 5.01. The van der Waals surface area contributed by atoms with Crippen molar-refractivity contribution in [2.45, 2.75) is 25.2 Å². The molecule has 134 valence electrons. The van der Waals surface area contributed by atoms with Crippen LogP contribution in [0.2, 0.25) is 0 Å². The molecule has 0 saturated heterocycles. The molecule has 0 radical (unpaired) electrons. The van der Waals surface area contributed by atoms with Crippen LogP contribution in [0.5, 0.6) is 11.5 Å². The number of carbonyl (C=O) groups is 1. The van der Waals surface area contributed by atoms with Crippen LogP contribution in [-0.4, -0.2) is 24.6 Å². The van der Waals surface area contributed by atoms with E-state index in [1.54, 1.807) is 7.11 Å². The standard InChI is InChI=1S/C21H22N2O3/c1-3-26-15-6-4-14(5-7-15)23-20(24)21(10-11-21)18-13-22-19-9-8-16(25-2)12-17(18)19/h4-9,12-13,22H,3,10-11H2,1-2H3,(H,23,24). The van der Waals surface area contributed by atoms with E-state index in [0.717, 1.165) is 46.5 Å². The Morgan fingerprint density at radius 2 is 1.88 bits per heavy atom. The summed E-state index contributed by atoms with van der Waals surface area (Å²) in [7, 11) is 1.65. The highest BCUT2D eigenvalue weighted by Gasteiger charge is 2.52. The molecule has 26 heavy (non-hydrogen) atoms. The Kier molecular flexibility index (Phi) is 4.07. The molecule has 1 saturated carbocycles. The van der Waals surface area contributed by atoms with Crippen LogP contribution in [0.25, 0.3) is 10.9 Å². The van der Waals surface area contributed by atoms with Crippen LogP contribution < -0.4 is 14.8 Å². The fraction of sp³-hybridized carbons (Fsp3) is 0.286. The molecule has 1 fully saturated rings. The van der Waals surface area contributed by atoms with Crippen molar-refractivity contribution in [2.75, 3.05) is 19.0 Å². The maximum Gasteiger partial charge on any atom is 0.235 e. The lowest BCUT2D eigenvalue weighted by Crippen LogP contribution is -2.27. The number of hydrogen-bond donors (Lipinski definition) is 2. The van der Waals surface area contributed by atoms with E-state index in [0.29, 0.717) is 6.61 Å². The van der Waals surface area contributed by atoms with Crippen molar-refractivity contribution in [2.24, 2.45) is 0 Å². The molecule has 0 atom stereocenters. The van der Waals surface area contributed by atoms with E-state index in [-0.39, 0.29) is 5.91 Å². The van der Waals surface area contributed by atoms with Gasteiger partial charge in [0, 0.05) is 22.8 Å². The molecular formula is C21H22N2O3. The number of carbonyl (C=O) groups excluding carboxylic acids is 1. The largest absolute Gasteiger partial charge is 0.497 e. The van der Waals surface area contributed by atoms with E-state index in [1.165, 1.54) is 0 Å². The predicted molar refractivity (Wildman–Crippen MR) is 102 cm³/mol. The normalized spacial score (nSPS) is 14.8. The van der Waals surface area contributed by atoms with Crippen molar-refractivity contribution >= 4 is 22.5 Å². The van der Waals surface area contributed by atoms with E-state index >= 15 is 0 Å². The SMILES string of the molecule is CCOc1ccc(NC(=O)C2(c3c[nH]c4ccc(OC)cc34)CC2)cc1. The first kappa shape index (κ1) is 16.5. The monoisotopic (exact) mass is 350 g/mol. The van der Waals surface area contributed by atoms with Crippen LogP contribution >= 0.6 is 0 Å². The molecular weight excluding hydrogens is 328 g/mol. The Labute approximate surface area is 152 Å². The van der Waals surface area contributed by atoms with Gasteiger partial charge >= 0.3 is 0 Å².